The second kappa shape index (κ2) is 6.79. The van der Waals surface area contributed by atoms with E-state index < -0.39 is 0 Å². The molecule has 2 aromatic carbocycles. The summed E-state index contributed by atoms with van der Waals surface area (Å²) in [6.45, 7) is 1.99. The van der Waals surface area contributed by atoms with Crippen LogP contribution in [0.25, 0.3) is 0 Å². The zero-order valence-electron chi connectivity index (χ0n) is 12.1. The molecule has 0 saturated carbocycles. The lowest BCUT2D eigenvalue weighted by atomic mass is 10.1. The second-order valence-electron chi connectivity index (χ2n) is 4.97. The SMILES string of the molecule is Cc1cc(N(C)C)ccc1NC(=O)c1cc(Br)ccc1I. The van der Waals surface area contributed by atoms with Crippen molar-refractivity contribution in [3.05, 3.63) is 55.6 Å². The molecule has 0 aliphatic carbocycles. The number of nitrogens with one attached hydrogen (secondary N) is 1. The van der Waals surface area contributed by atoms with Crippen molar-refractivity contribution in [1.82, 2.24) is 0 Å². The number of benzene rings is 2. The maximum absolute atomic E-state index is 12.4. The molecule has 0 unspecified atom stereocenters. The van der Waals surface area contributed by atoms with Crippen LogP contribution in [0.15, 0.2) is 40.9 Å². The van der Waals surface area contributed by atoms with Crippen LogP contribution >= 0.6 is 38.5 Å². The molecule has 3 nitrogen and oxygen atoms in total. The molecule has 2 aromatic rings. The molecular formula is C16H16BrIN2O. The molecular weight excluding hydrogens is 443 g/mol. The van der Waals surface area contributed by atoms with Crippen LogP contribution in [0, 0.1) is 10.5 Å². The Morgan fingerprint density at radius 2 is 1.90 bits per heavy atom. The zero-order chi connectivity index (χ0) is 15.6. The van der Waals surface area contributed by atoms with Gasteiger partial charge >= 0.3 is 0 Å². The number of carbonyl (C=O) groups excluding carboxylic acids is 1. The van der Waals surface area contributed by atoms with Crippen molar-refractivity contribution in [2.75, 3.05) is 24.3 Å². The molecule has 0 aromatic heterocycles. The smallest absolute Gasteiger partial charge is 0.256 e. The van der Waals surface area contributed by atoms with Crippen molar-refractivity contribution >= 4 is 55.8 Å². The van der Waals surface area contributed by atoms with Gasteiger partial charge in [0.05, 0.1) is 5.56 Å². The summed E-state index contributed by atoms with van der Waals surface area (Å²) in [6, 6.07) is 11.7. The van der Waals surface area contributed by atoms with E-state index in [-0.39, 0.29) is 5.91 Å². The number of anilines is 2. The van der Waals surface area contributed by atoms with E-state index in [9.17, 15) is 4.79 Å². The van der Waals surface area contributed by atoms with E-state index in [1.165, 1.54) is 0 Å². The van der Waals surface area contributed by atoms with Gasteiger partial charge in [-0.1, -0.05) is 15.9 Å². The molecule has 0 radical (unpaired) electrons. The number of rotatable bonds is 3. The van der Waals surface area contributed by atoms with Gasteiger partial charge in [-0.3, -0.25) is 4.79 Å². The van der Waals surface area contributed by atoms with Gasteiger partial charge in [0.15, 0.2) is 0 Å². The first-order valence-electron chi connectivity index (χ1n) is 6.43. The van der Waals surface area contributed by atoms with Crippen LogP contribution < -0.4 is 10.2 Å². The molecule has 0 saturated heterocycles. The quantitative estimate of drug-likeness (QED) is 0.677. The minimum atomic E-state index is -0.0959. The second-order valence-corrected chi connectivity index (χ2v) is 7.05. The fraction of sp³-hybridized carbons (Fsp3) is 0.188. The zero-order valence-corrected chi connectivity index (χ0v) is 15.8. The van der Waals surface area contributed by atoms with E-state index in [0.29, 0.717) is 5.56 Å². The highest BCUT2D eigenvalue weighted by atomic mass is 127. The minimum Gasteiger partial charge on any atom is -0.378 e. The topological polar surface area (TPSA) is 32.3 Å². The summed E-state index contributed by atoms with van der Waals surface area (Å²) in [7, 11) is 3.99. The van der Waals surface area contributed by atoms with Crippen LogP contribution in [-0.4, -0.2) is 20.0 Å². The molecule has 0 fully saturated rings. The Bertz CT molecular complexity index is 686. The third kappa shape index (κ3) is 3.97. The lowest BCUT2D eigenvalue weighted by molar-refractivity contribution is 0.102. The average Bonchev–Trinajstić information content (AvgIpc) is 2.43. The highest BCUT2D eigenvalue weighted by Crippen LogP contribution is 2.24. The van der Waals surface area contributed by atoms with Crippen LogP contribution in [0.1, 0.15) is 15.9 Å². The Balaban J connectivity index is 2.25. The van der Waals surface area contributed by atoms with E-state index in [0.717, 1.165) is 25.0 Å². The van der Waals surface area contributed by atoms with E-state index >= 15 is 0 Å². The molecule has 21 heavy (non-hydrogen) atoms. The van der Waals surface area contributed by atoms with Gasteiger partial charge in [-0.05, 0) is 71.5 Å². The molecule has 0 heterocycles. The number of amides is 1. The molecule has 0 aliphatic rings. The molecule has 0 atom stereocenters. The summed E-state index contributed by atoms with van der Waals surface area (Å²) in [5.74, 6) is -0.0959. The number of hydrogen-bond donors (Lipinski definition) is 1. The Morgan fingerprint density at radius 1 is 1.19 bits per heavy atom. The number of carbonyl (C=O) groups is 1. The fourth-order valence-corrected chi connectivity index (χ4v) is 2.87. The summed E-state index contributed by atoms with van der Waals surface area (Å²) >= 11 is 5.57. The van der Waals surface area contributed by atoms with Gasteiger partial charge in [0, 0.05) is 33.5 Å². The van der Waals surface area contributed by atoms with Crippen molar-refractivity contribution in [3.8, 4) is 0 Å². The molecule has 1 N–H and O–H groups in total. The Morgan fingerprint density at radius 3 is 2.52 bits per heavy atom. The summed E-state index contributed by atoms with van der Waals surface area (Å²) in [5, 5.41) is 2.98. The molecule has 0 bridgehead atoms. The van der Waals surface area contributed by atoms with Crippen molar-refractivity contribution in [1.29, 1.82) is 0 Å². The van der Waals surface area contributed by atoms with Gasteiger partial charge in [0.25, 0.3) is 5.91 Å². The number of halogens is 2. The predicted molar refractivity (Wildman–Crippen MR) is 100 cm³/mol. The van der Waals surface area contributed by atoms with Crippen molar-refractivity contribution in [2.45, 2.75) is 6.92 Å². The summed E-state index contributed by atoms with van der Waals surface area (Å²) in [4.78, 5) is 14.4. The standard InChI is InChI=1S/C16H16BrIN2O/c1-10-8-12(20(2)3)5-7-15(10)19-16(21)13-9-11(17)4-6-14(13)18/h4-9H,1-3H3,(H,19,21). The Labute approximate surface area is 147 Å². The van der Waals surface area contributed by atoms with E-state index in [1.54, 1.807) is 0 Å². The highest BCUT2D eigenvalue weighted by Gasteiger charge is 2.12. The lowest BCUT2D eigenvalue weighted by Gasteiger charge is -2.16. The Kier molecular flexibility index (Phi) is 5.27. The van der Waals surface area contributed by atoms with Crippen LogP contribution in [0.4, 0.5) is 11.4 Å². The van der Waals surface area contributed by atoms with Crippen molar-refractivity contribution in [2.24, 2.45) is 0 Å². The van der Waals surface area contributed by atoms with Crippen LogP contribution in [-0.2, 0) is 0 Å². The molecule has 110 valence electrons. The van der Waals surface area contributed by atoms with Gasteiger partial charge in [0.1, 0.15) is 0 Å². The number of aryl methyl sites for hydroxylation is 1. The lowest BCUT2D eigenvalue weighted by Crippen LogP contribution is -2.15. The predicted octanol–water partition coefficient (Wildman–Crippen LogP) is 4.68. The number of hydrogen-bond acceptors (Lipinski definition) is 2. The van der Waals surface area contributed by atoms with Gasteiger partial charge in [-0.25, -0.2) is 0 Å². The van der Waals surface area contributed by atoms with Gasteiger partial charge in [0.2, 0.25) is 0 Å². The normalized spacial score (nSPS) is 10.3. The van der Waals surface area contributed by atoms with Crippen LogP contribution in [0.5, 0.6) is 0 Å². The van der Waals surface area contributed by atoms with E-state index in [1.807, 2.05) is 56.3 Å². The first kappa shape index (κ1) is 16.3. The van der Waals surface area contributed by atoms with Crippen molar-refractivity contribution < 1.29 is 4.79 Å². The average molecular weight is 459 g/mol. The minimum absolute atomic E-state index is 0.0959. The molecule has 0 aliphatic heterocycles. The first-order chi connectivity index (χ1) is 9.88. The fourth-order valence-electron chi connectivity index (χ4n) is 1.93. The molecule has 5 heteroatoms. The van der Waals surface area contributed by atoms with E-state index in [4.69, 9.17) is 0 Å². The monoisotopic (exact) mass is 458 g/mol. The van der Waals surface area contributed by atoms with E-state index in [2.05, 4.69) is 49.9 Å². The largest absolute Gasteiger partial charge is 0.378 e. The van der Waals surface area contributed by atoms with Gasteiger partial charge < -0.3 is 10.2 Å². The molecule has 2 rings (SSSR count). The highest BCUT2D eigenvalue weighted by molar-refractivity contribution is 14.1. The maximum Gasteiger partial charge on any atom is 0.256 e. The van der Waals surface area contributed by atoms with Crippen molar-refractivity contribution in [3.63, 3.8) is 0 Å². The van der Waals surface area contributed by atoms with Crippen LogP contribution in [0.3, 0.4) is 0 Å². The van der Waals surface area contributed by atoms with Crippen LogP contribution in [0.2, 0.25) is 0 Å². The third-order valence-corrected chi connectivity index (χ3v) is 4.58. The van der Waals surface area contributed by atoms with Gasteiger partial charge in [-0.15, -0.1) is 0 Å². The molecule has 0 spiro atoms. The molecule has 1 amide bonds. The summed E-state index contributed by atoms with van der Waals surface area (Å²) < 4.78 is 1.82. The summed E-state index contributed by atoms with van der Waals surface area (Å²) in [5.41, 5.74) is 3.66. The Hall–Kier alpha value is -1.08. The summed E-state index contributed by atoms with van der Waals surface area (Å²) in [6.07, 6.45) is 0. The number of nitrogens with zero attached hydrogens (tertiary/aromatic N) is 1. The maximum atomic E-state index is 12.4. The first-order valence-corrected chi connectivity index (χ1v) is 8.30. The van der Waals surface area contributed by atoms with Gasteiger partial charge in [-0.2, -0.15) is 0 Å². The third-order valence-electron chi connectivity index (χ3n) is 3.15.